The summed E-state index contributed by atoms with van der Waals surface area (Å²) >= 11 is 0. The minimum absolute atomic E-state index is 0.205. The maximum Gasteiger partial charge on any atom is 0.276 e. The molecule has 0 radical (unpaired) electrons. The number of rotatable bonds is 5. The number of hydrogen-bond donors (Lipinski definition) is 1. The first-order valence-electron chi connectivity index (χ1n) is 8.43. The average molecular weight is 357 g/mol. The molecule has 132 valence electrons. The van der Waals surface area contributed by atoms with Crippen LogP contribution in [0.4, 0.5) is 5.69 Å². The number of hydrazone groups is 1. The van der Waals surface area contributed by atoms with E-state index in [0.29, 0.717) is 0 Å². The molecule has 3 rings (SSSR count). The summed E-state index contributed by atoms with van der Waals surface area (Å²) in [4.78, 5) is 4.85. The van der Waals surface area contributed by atoms with E-state index < -0.39 is 10.0 Å². The summed E-state index contributed by atoms with van der Waals surface area (Å²) in [7, 11) is -3.64. The highest BCUT2D eigenvalue weighted by molar-refractivity contribution is 7.89. The Kier molecular flexibility index (Phi) is 5.08. The monoisotopic (exact) mass is 357 g/mol. The fraction of sp³-hybridized carbons (Fsp3) is 0.316. The Morgan fingerprint density at radius 2 is 1.72 bits per heavy atom. The number of nitrogens with one attached hydrogen (secondary N) is 1. The van der Waals surface area contributed by atoms with Crippen molar-refractivity contribution < 1.29 is 8.42 Å². The van der Waals surface area contributed by atoms with Crippen LogP contribution in [0.2, 0.25) is 0 Å². The predicted octanol–water partition coefficient (Wildman–Crippen LogP) is 3.22. The van der Waals surface area contributed by atoms with Crippen molar-refractivity contribution in [2.24, 2.45) is 5.10 Å². The molecule has 0 atom stereocenters. The third kappa shape index (κ3) is 4.20. The zero-order valence-electron chi connectivity index (χ0n) is 14.6. The van der Waals surface area contributed by atoms with E-state index in [0.717, 1.165) is 29.8 Å². The molecule has 5 nitrogen and oxygen atoms in total. The van der Waals surface area contributed by atoms with Crippen LogP contribution in [0, 0.1) is 13.8 Å². The van der Waals surface area contributed by atoms with Crippen molar-refractivity contribution in [3.63, 3.8) is 0 Å². The van der Waals surface area contributed by atoms with E-state index in [9.17, 15) is 8.42 Å². The van der Waals surface area contributed by atoms with Crippen LogP contribution in [0.3, 0.4) is 0 Å². The fourth-order valence-electron chi connectivity index (χ4n) is 2.91. The van der Waals surface area contributed by atoms with Gasteiger partial charge in [-0.05, 0) is 62.1 Å². The average Bonchev–Trinajstić information content (AvgIpc) is 3.11. The number of benzene rings is 2. The molecule has 1 N–H and O–H groups in total. The van der Waals surface area contributed by atoms with E-state index in [1.165, 1.54) is 18.5 Å². The van der Waals surface area contributed by atoms with Gasteiger partial charge in [0.1, 0.15) is 0 Å². The standard InChI is InChI=1S/C19H23N3O2S/c1-15-5-9-19(10-6-15)25(23,24)21-20-14-17-7-8-18(13-16(17)2)22-11-3-4-12-22/h5-10,13-14,21H,3-4,11-12H2,1-2H3/b20-14-. The van der Waals surface area contributed by atoms with Crippen LogP contribution in [0.15, 0.2) is 52.5 Å². The van der Waals surface area contributed by atoms with Gasteiger partial charge in [-0.25, -0.2) is 4.83 Å². The normalized spacial score (nSPS) is 15.0. The second-order valence-electron chi connectivity index (χ2n) is 6.40. The van der Waals surface area contributed by atoms with Gasteiger partial charge >= 0.3 is 0 Å². The maximum atomic E-state index is 12.2. The predicted molar refractivity (Wildman–Crippen MR) is 102 cm³/mol. The van der Waals surface area contributed by atoms with E-state index in [-0.39, 0.29) is 4.90 Å². The van der Waals surface area contributed by atoms with E-state index >= 15 is 0 Å². The summed E-state index contributed by atoms with van der Waals surface area (Å²) in [6, 6.07) is 12.8. The van der Waals surface area contributed by atoms with E-state index in [1.54, 1.807) is 30.5 Å². The SMILES string of the molecule is Cc1ccc(S(=O)(=O)N/N=C\c2ccc(N3CCCC3)cc2C)cc1. The van der Waals surface area contributed by atoms with E-state index in [1.807, 2.05) is 19.9 Å². The van der Waals surface area contributed by atoms with Gasteiger partial charge in [-0.2, -0.15) is 13.5 Å². The van der Waals surface area contributed by atoms with Crippen molar-refractivity contribution in [2.75, 3.05) is 18.0 Å². The first-order chi connectivity index (χ1) is 12.0. The Hall–Kier alpha value is -2.34. The van der Waals surface area contributed by atoms with Crippen molar-refractivity contribution in [3.8, 4) is 0 Å². The highest BCUT2D eigenvalue weighted by Crippen LogP contribution is 2.22. The third-order valence-electron chi connectivity index (χ3n) is 4.43. The van der Waals surface area contributed by atoms with Crippen molar-refractivity contribution in [1.29, 1.82) is 0 Å². The Bertz CT molecular complexity index is 868. The number of hydrogen-bond acceptors (Lipinski definition) is 4. The summed E-state index contributed by atoms with van der Waals surface area (Å²) in [5, 5.41) is 3.92. The molecular weight excluding hydrogens is 334 g/mol. The number of anilines is 1. The zero-order chi connectivity index (χ0) is 17.9. The second-order valence-corrected chi connectivity index (χ2v) is 8.06. The first-order valence-corrected chi connectivity index (χ1v) is 9.91. The van der Waals surface area contributed by atoms with Crippen LogP contribution in [0.25, 0.3) is 0 Å². The number of sulfonamides is 1. The van der Waals surface area contributed by atoms with Gasteiger partial charge in [0.05, 0.1) is 11.1 Å². The van der Waals surface area contributed by atoms with Gasteiger partial charge in [0.25, 0.3) is 10.0 Å². The lowest BCUT2D eigenvalue weighted by atomic mass is 10.1. The molecule has 1 aliphatic rings. The second kappa shape index (κ2) is 7.27. The van der Waals surface area contributed by atoms with Gasteiger partial charge in [-0.3, -0.25) is 0 Å². The molecule has 0 saturated carbocycles. The largest absolute Gasteiger partial charge is 0.372 e. The lowest BCUT2D eigenvalue weighted by Gasteiger charge is -2.18. The number of nitrogens with zero attached hydrogens (tertiary/aromatic N) is 2. The van der Waals surface area contributed by atoms with Crippen LogP contribution >= 0.6 is 0 Å². The molecular formula is C19H23N3O2S. The molecule has 1 saturated heterocycles. The van der Waals surface area contributed by atoms with Crippen LogP contribution < -0.4 is 9.73 Å². The third-order valence-corrected chi connectivity index (χ3v) is 5.67. The van der Waals surface area contributed by atoms with E-state index in [2.05, 4.69) is 27.0 Å². The van der Waals surface area contributed by atoms with Gasteiger partial charge in [-0.1, -0.05) is 23.8 Å². The first kappa shape index (κ1) is 17.5. The molecule has 1 aliphatic heterocycles. The molecule has 0 aliphatic carbocycles. The molecule has 0 spiro atoms. The van der Waals surface area contributed by atoms with E-state index in [4.69, 9.17) is 0 Å². The summed E-state index contributed by atoms with van der Waals surface area (Å²) in [6.07, 6.45) is 4.03. The molecule has 2 aromatic rings. The summed E-state index contributed by atoms with van der Waals surface area (Å²) in [5.74, 6) is 0. The Balaban J connectivity index is 1.70. The van der Waals surface area contributed by atoms with Crippen molar-refractivity contribution in [3.05, 3.63) is 59.2 Å². The summed E-state index contributed by atoms with van der Waals surface area (Å²) < 4.78 is 24.4. The van der Waals surface area contributed by atoms with Gasteiger partial charge < -0.3 is 4.90 Å². The number of aryl methyl sites for hydroxylation is 2. The molecule has 0 amide bonds. The molecule has 0 unspecified atom stereocenters. The van der Waals surface area contributed by atoms with Gasteiger partial charge in [0.2, 0.25) is 0 Å². The highest BCUT2D eigenvalue weighted by Gasteiger charge is 2.13. The molecule has 0 bridgehead atoms. The smallest absolute Gasteiger partial charge is 0.276 e. The summed E-state index contributed by atoms with van der Waals surface area (Å²) in [5.41, 5.74) is 4.20. The minimum atomic E-state index is -3.64. The van der Waals surface area contributed by atoms with Gasteiger partial charge in [-0.15, -0.1) is 0 Å². The minimum Gasteiger partial charge on any atom is -0.372 e. The van der Waals surface area contributed by atoms with Crippen LogP contribution in [0.1, 0.15) is 29.5 Å². The van der Waals surface area contributed by atoms with Gasteiger partial charge in [0.15, 0.2) is 0 Å². The highest BCUT2D eigenvalue weighted by atomic mass is 32.2. The summed E-state index contributed by atoms with van der Waals surface area (Å²) in [6.45, 7) is 6.12. The lowest BCUT2D eigenvalue weighted by molar-refractivity contribution is 0.584. The van der Waals surface area contributed by atoms with Crippen LogP contribution in [-0.4, -0.2) is 27.7 Å². The Labute approximate surface area is 149 Å². The topological polar surface area (TPSA) is 61.8 Å². The van der Waals surface area contributed by atoms with Crippen molar-refractivity contribution in [2.45, 2.75) is 31.6 Å². The van der Waals surface area contributed by atoms with Crippen molar-refractivity contribution >= 4 is 21.9 Å². The molecule has 1 fully saturated rings. The molecule has 6 heteroatoms. The van der Waals surface area contributed by atoms with Crippen LogP contribution in [0.5, 0.6) is 0 Å². The zero-order valence-corrected chi connectivity index (χ0v) is 15.4. The fourth-order valence-corrected chi connectivity index (χ4v) is 3.70. The lowest BCUT2D eigenvalue weighted by Crippen LogP contribution is -2.18. The molecule has 1 heterocycles. The quantitative estimate of drug-likeness (QED) is 0.660. The van der Waals surface area contributed by atoms with Gasteiger partial charge in [0, 0.05) is 18.8 Å². The Morgan fingerprint density at radius 1 is 1.04 bits per heavy atom. The van der Waals surface area contributed by atoms with Crippen LogP contribution in [-0.2, 0) is 10.0 Å². The molecule has 0 aromatic heterocycles. The maximum absolute atomic E-state index is 12.2. The molecule has 2 aromatic carbocycles. The van der Waals surface area contributed by atoms with Crippen molar-refractivity contribution in [1.82, 2.24) is 4.83 Å². The molecule has 25 heavy (non-hydrogen) atoms. The Morgan fingerprint density at radius 3 is 2.36 bits per heavy atom.